The van der Waals surface area contributed by atoms with Crippen molar-refractivity contribution in [3.8, 4) is 0 Å². The third-order valence-corrected chi connectivity index (χ3v) is 10.5. The first-order valence-corrected chi connectivity index (χ1v) is 13.0. The van der Waals surface area contributed by atoms with E-state index in [9.17, 15) is 4.79 Å². The zero-order valence-corrected chi connectivity index (χ0v) is 12.3. The summed E-state index contributed by atoms with van der Waals surface area (Å²) in [7, 11) is 0. The molecule has 0 spiro atoms. The monoisotopic (exact) mass is 270 g/mol. The number of hydrogen-bond acceptors (Lipinski definition) is 2. The zero-order chi connectivity index (χ0) is 11.4. The van der Waals surface area contributed by atoms with E-state index in [0.29, 0.717) is 5.78 Å². The summed E-state index contributed by atoms with van der Waals surface area (Å²) in [6.45, 7) is 4.03. The molecule has 3 heteroatoms. The summed E-state index contributed by atoms with van der Waals surface area (Å²) in [4.78, 5) is 12.1. The van der Waals surface area contributed by atoms with Crippen LogP contribution in [0.4, 0.5) is 0 Å². The predicted molar refractivity (Wildman–Crippen MR) is 63.4 cm³/mol. The number of Topliss-reactive ketones (excluding diaryl/α,β-unsaturated/α-hetero) is 1. The van der Waals surface area contributed by atoms with Crippen LogP contribution in [0.1, 0.15) is 13.8 Å². The second-order valence-corrected chi connectivity index (χ2v) is 17.0. The Kier molecular flexibility index (Phi) is 2.43. The minimum atomic E-state index is -2.05. The molecule has 0 aromatic carbocycles. The van der Waals surface area contributed by atoms with Crippen LogP contribution in [0.15, 0.2) is 12.2 Å². The molecular formula is C12H20GeO2. The molecule has 2 nitrogen and oxygen atoms in total. The molecule has 2 aliphatic rings. The molecule has 0 unspecified atom stereocenters. The van der Waals surface area contributed by atoms with Crippen molar-refractivity contribution in [3.63, 3.8) is 0 Å². The van der Waals surface area contributed by atoms with Crippen molar-refractivity contribution in [2.45, 2.75) is 41.7 Å². The van der Waals surface area contributed by atoms with Crippen molar-refractivity contribution in [2.75, 3.05) is 0 Å². The van der Waals surface area contributed by atoms with E-state index < -0.39 is 13.3 Å². The van der Waals surface area contributed by atoms with Crippen LogP contribution < -0.4 is 0 Å². The first-order chi connectivity index (χ1) is 6.79. The van der Waals surface area contributed by atoms with Crippen molar-refractivity contribution in [2.24, 2.45) is 11.8 Å². The first kappa shape index (κ1) is 11.4. The quantitative estimate of drug-likeness (QED) is 0.539. The van der Waals surface area contributed by atoms with Gasteiger partial charge >= 0.3 is 94.2 Å². The molecule has 1 fully saturated rings. The Morgan fingerprint density at radius 3 is 2.47 bits per heavy atom. The molecule has 0 radical (unpaired) electrons. The predicted octanol–water partition coefficient (Wildman–Crippen LogP) is 2.41. The second-order valence-electron chi connectivity index (χ2n) is 5.90. The minimum absolute atomic E-state index is 0.0385. The Morgan fingerprint density at radius 2 is 1.93 bits per heavy atom. The van der Waals surface area contributed by atoms with E-state index in [1.165, 1.54) is 0 Å². The molecule has 0 N–H and O–H groups in total. The van der Waals surface area contributed by atoms with Gasteiger partial charge in [-0.15, -0.1) is 0 Å². The van der Waals surface area contributed by atoms with Crippen molar-refractivity contribution < 1.29 is 9.53 Å². The van der Waals surface area contributed by atoms with Gasteiger partial charge in [-0.3, -0.25) is 0 Å². The molecule has 0 saturated carbocycles. The Balaban J connectivity index is 2.45. The maximum absolute atomic E-state index is 12.1. The summed E-state index contributed by atoms with van der Waals surface area (Å²) in [6.07, 6.45) is 4.35. The molecule has 4 atom stereocenters. The van der Waals surface area contributed by atoms with E-state index in [2.05, 4.69) is 29.4 Å². The van der Waals surface area contributed by atoms with Crippen molar-refractivity contribution in [1.82, 2.24) is 0 Å². The second kappa shape index (κ2) is 3.20. The molecule has 2 rings (SSSR count). The SMILES string of the molecule is C[C@@H]1C(=O)[C@H](C)[C@@]2([Ge]([CH3])([CH3])[CH3])C=C[C@H]1O2. The van der Waals surface area contributed by atoms with Crippen LogP contribution in [0.3, 0.4) is 0 Å². The molecule has 0 aromatic heterocycles. The van der Waals surface area contributed by atoms with Gasteiger partial charge in [0.2, 0.25) is 0 Å². The fourth-order valence-electron chi connectivity index (χ4n) is 2.90. The van der Waals surface area contributed by atoms with Crippen molar-refractivity contribution in [1.29, 1.82) is 0 Å². The number of carbonyl (C=O) groups excluding carboxylic acids is 1. The van der Waals surface area contributed by atoms with Crippen molar-refractivity contribution >= 4 is 19.0 Å². The van der Waals surface area contributed by atoms with Gasteiger partial charge in [-0.2, -0.15) is 0 Å². The Morgan fingerprint density at radius 1 is 1.33 bits per heavy atom. The third kappa shape index (κ3) is 1.37. The van der Waals surface area contributed by atoms with Crippen molar-refractivity contribution in [3.05, 3.63) is 12.2 Å². The molecule has 0 aliphatic carbocycles. The van der Waals surface area contributed by atoms with Crippen LogP contribution >= 0.6 is 0 Å². The maximum atomic E-state index is 12.1. The summed E-state index contributed by atoms with van der Waals surface area (Å²) in [5.41, 5.74) is 0. The number of hydrogen-bond donors (Lipinski definition) is 0. The summed E-state index contributed by atoms with van der Waals surface area (Å²) < 4.78 is 6.00. The molecule has 2 aliphatic heterocycles. The molecule has 15 heavy (non-hydrogen) atoms. The van der Waals surface area contributed by atoms with E-state index >= 15 is 0 Å². The standard InChI is InChI=1S/C12H20GeO2/c1-8-10-6-7-12(15-10,13(3,4)5)9(2)11(8)14/h6-10H,1-5H3/t8-,9-,10+,12+/m0/s1. The Bertz CT molecular complexity index is 329. The van der Waals surface area contributed by atoms with Gasteiger partial charge in [0.15, 0.2) is 0 Å². The molecule has 1 saturated heterocycles. The molecule has 84 valence electrons. The van der Waals surface area contributed by atoms with Gasteiger partial charge in [0, 0.05) is 0 Å². The van der Waals surface area contributed by atoms with Gasteiger partial charge in [0.1, 0.15) is 0 Å². The zero-order valence-electron chi connectivity index (χ0n) is 10.2. The molecule has 0 amide bonds. The van der Waals surface area contributed by atoms with Crippen LogP contribution in [-0.2, 0) is 9.53 Å². The van der Waals surface area contributed by atoms with E-state index in [-0.39, 0.29) is 22.4 Å². The summed E-state index contributed by atoms with van der Waals surface area (Å²) >= 11 is -2.05. The number of rotatable bonds is 1. The van der Waals surface area contributed by atoms with E-state index in [1.807, 2.05) is 13.8 Å². The van der Waals surface area contributed by atoms with E-state index in [0.717, 1.165) is 0 Å². The van der Waals surface area contributed by atoms with Crippen LogP contribution in [0, 0.1) is 11.8 Å². The molecular weight excluding hydrogens is 249 g/mol. The first-order valence-electron chi connectivity index (χ1n) is 5.70. The van der Waals surface area contributed by atoms with Gasteiger partial charge < -0.3 is 0 Å². The fourth-order valence-corrected chi connectivity index (χ4v) is 8.20. The molecule has 2 bridgehead atoms. The van der Waals surface area contributed by atoms with Gasteiger partial charge in [-0.05, 0) is 0 Å². The van der Waals surface area contributed by atoms with Crippen LogP contribution in [0.25, 0.3) is 0 Å². The fraction of sp³-hybridized carbons (Fsp3) is 0.750. The van der Waals surface area contributed by atoms with E-state index in [1.54, 1.807) is 0 Å². The number of ketones is 1. The number of carbonyl (C=O) groups is 1. The van der Waals surface area contributed by atoms with Crippen LogP contribution in [0.5, 0.6) is 0 Å². The van der Waals surface area contributed by atoms with Gasteiger partial charge in [-0.25, -0.2) is 0 Å². The van der Waals surface area contributed by atoms with Gasteiger partial charge in [0.05, 0.1) is 0 Å². The summed E-state index contributed by atoms with van der Waals surface area (Å²) in [5, 5.41) is 0. The Hall–Kier alpha value is -0.0871. The Labute approximate surface area is 94.4 Å². The van der Waals surface area contributed by atoms with Gasteiger partial charge in [-0.1, -0.05) is 0 Å². The topological polar surface area (TPSA) is 26.3 Å². The van der Waals surface area contributed by atoms with Crippen LogP contribution in [-0.4, -0.2) is 29.6 Å². The average Bonchev–Trinajstić information content (AvgIpc) is 2.54. The molecule has 2 heterocycles. The average molecular weight is 269 g/mol. The summed E-state index contributed by atoms with van der Waals surface area (Å²) in [5.74, 6) is 7.45. The van der Waals surface area contributed by atoms with E-state index in [4.69, 9.17) is 4.74 Å². The summed E-state index contributed by atoms with van der Waals surface area (Å²) in [6, 6.07) is 0. The normalized spacial score (nSPS) is 44.9. The molecule has 0 aromatic rings. The number of ether oxygens (including phenoxy) is 1. The number of fused-ring (bicyclic) bond motifs is 2. The third-order valence-electron chi connectivity index (χ3n) is 4.05. The van der Waals surface area contributed by atoms with Crippen LogP contribution in [0.2, 0.25) is 17.3 Å². The van der Waals surface area contributed by atoms with Gasteiger partial charge in [0.25, 0.3) is 0 Å².